The molecule has 1 aromatic heterocycles. The predicted molar refractivity (Wildman–Crippen MR) is 103 cm³/mol. The van der Waals surface area contributed by atoms with Gasteiger partial charge in [-0.15, -0.1) is 0 Å². The van der Waals surface area contributed by atoms with E-state index in [1.165, 1.54) is 19.2 Å². The van der Waals surface area contributed by atoms with Crippen molar-refractivity contribution in [2.75, 3.05) is 7.11 Å². The lowest BCUT2D eigenvalue weighted by molar-refractivity contribution is 0.414. The van der Waals surface area contributed by atoms with Crippen molar-refractivity contribution >= 4 is 43.4 Å². The van der Waals surface area contributed by atoms with Crippen LogP contribution >= 0.6 is 22.6 Å². The molecule has 0 radical (unpaired) electrons. The number of aryl methyl sites for hydroxylation is 1. The normalized spacial score (nSPS) is 11.6. The Morgan fingerprint density at radius 2 is 1.88 bits per heavy atom. The van der Waals surface area contributed by atoms with Crippen LogP contribution in [-0.4, -0.2) is 15.5 Å². The second-order valence-electron chi connectivity index (χ2n) is 5.53. The first-order chi connectivity index (χ1) is 11.9. The summed E-state index contributed by atoms with van der Waals surface area (Å²) in [5.41, 5.74) is 1.30. The maximum Gasteiger partial charge on any atom is 0.355 e. The maximum atomic E-state index is 12.9. The first-order valence-corrected chi connectivity index (χ1v) is 10.4. The van der Waals surface area contributed by atoms with Crippen LogP contribution in [0, 0.1) is 6.92 Å². The van der Waals surface area contributed by atoms with Crippen LogP contribution in [0.15, 0.2) is 61.5 Å². The van der Waals surface area contributed by atoms with Crippen LogP contribution in [0.3, 0.4) is 0 Å². The van der Waals surface area contributed by atoms with Crippen LogP contribution in [-0.2, 0) is 14.3 Å². The van der Waals surface area contributed by atoms with Gasteiger partial charge in [0.15, 0.2) is 4.90 Å². The molecule has 0 amide bonds. The summed E-state index contributed by atoms with van der Waals surface area (Å²) in [6.45, 7) is 1.85. The summed E-state index contributed by atoms with van der Waals surface area (Å²) in [5.74, 6) is 0.524. The lowest BCUT2D eigenvalue weighted by Gasteiger charge is -2.08. The van der Waals surface area contributed by atoms with Crippen molar-refractivity contribution < 1.29 is 17.6 Å². The molecule has 0 spiro atoms. The van der Waals surface area contributed by atoms with Crippen molar-refractivity contribution in [3.63, 3.8) is 0 Å². The standard InChI is InChI=1S/C18H15IO5S/c1-11-7-15(6-4-13(11)10-19)25(21,22)17-8-12-3-5-14(23-2)9-16(12)24-18(17)20/h3-9H,10H2,1-2H3. The van der Waals surface area contributed by atoms with Crippen LogP contribution < -0.4 is 10.4 Å². The topological polar surface area (TPSA) is 73.6 Å². The Morgan fingerprint density at radius 1 is 1.12 bits per heavy atom. The molecular weight excluding hydrogens is 455 g/mol. The van der Waals surface area contributed by atoms with Gasteiger partial charge in [0.1, 0.15) is 11.3 Å². The lowest BCUT2D eigenvalue weighted by atomic mass is 10.1. The van der Waals surface area contributed by atoms with Gasteiger partial charge >= 0.3 is 5.63 Å². The van der Waals surface area contributed by atoms with E-state index in [1.807, 2.05) is 6.92 Å². The molecule has 0 aliphatic carbocycles. The Morgan fingerprint density at radius 3 is 2.52 bits per heavy atom. The molecule has 1 heterocycles. The smallest absolute Gasteiger partial charge is 0.355 e. The zero-order valence-electron chi connectivity index (χ0n) is 13.6. The highest BCUT2D eigenvalue weighted by atomic mass is 127. The number of alkyl halides is 1. The Kier molecular flexibility index (Phi) is 4.88. The highest BCUT2D eigenvalue weighted by molar-refractivity contribution is 14.1. The van der Waals surface area contributed by atoms with Crippen LogP contribution in [0.2, 0.25) is 0 Å². The molecule has 3 rings (SSSR count). The van der Waals surface area contributed by atoms with Gasteiger partial charge in [-0.1, -0.05) is 28.7 Å². The second-order valence-corrected chi connectivity index (χ2v) is 8.21. The fourth-order valence-electron chi connectivity index (χ4n) is 2.50. The molecule has 3 aromatic rings. The molecule has 0 saturated carbocycles. The fraction of sp³-hybridized carbons (Fsp3) is 0.167. The number of fused-ring (bicyclic) bond motifs is 1. The highest BCUT2D eigenvalue weighted by Gasteiger charge is 2.24. The number of hydrogen-bond acceptors (Lipinski definition) is 5. The van der Waals surface area contributed by atoms with E-state index in [-0.39, 0.29) is 15.4 Å². The van der Waals surface area contributed by atoms with Crippen molar-refractivity contribution in [2.45, 2.75) is 21.1 Å². The van der Waals surface area contributed by atoms with Gasteiger partial charge in [-0.25, -0.2) is 13.2 Å². The molecule has 0 unspecified atom stereocenters. The minimum Gasteiger partial charge on any atom is -0.497 e. The summed E-state index contributed by atoms with van der Waals surface area (Å²) in [4.78, 5) is 12.0. The number of benzene rings is 2. The van der Waals surface area contributed by atoms with E-state index in [0.29, 0.717) is 11.1 Å². The highest BCUT2D eigenvalue weighted by Crippen LogP contribution is 2.26. The number of rotatable bonds is 4. The first-order valence-electron chi connectivity index (χ1n) is 7.39. The quantitative estimate of drug-likeness (QED) is 0.329. The number of halogens is 1. The number of hydrogen-bond donors (Lipinski definition) is 0. The van der Waals surface area contributed by atoms with Gasteiger partial charge < -0.3 is 9.15 Å². The minimum absolute atomic E-state index is 0.0822. The maximum absolute atomic E-state index is 12.9. The van der Waals surface area contributed by atoms with E-state index >= 15 is 0 Å². The van der Waals surface area contributed by atoms with Gasteiger partial charge in [0, 0.05) is 15.9 Å². The van der Waals surface area contributed by atoms with E-state index in [2.05, 4.69) is 22.6 Å². The molecule has 7 heteroatoms. The Bertz CT molecular complexity index is 1120. The Hall–Kier alpha value is -1.87. The third-order valence-electron chi connectivity index (χ3n) is 3.97. The average Bonchev–Trinajstić information content (AvgIpc) is 2.60. The molecule has 5 nitrogen and oxygen atoms in total. The number of ether oxygens (including phenoxy) is 1. The van der Waals surface area contributed by atoms with Crippen molar-refractivity contribution in [2.24, 2.45) is 0 Å². The van der Waals surface area contributed by atoms with E-state index in [1.54, 1.807) is 30.3 Å². The molecule has 25 heavy (non-hydrogen) atoms. The second kappa shape index (κ2) is 6.80. The molecule has 130 valence electrons. The molecule has 2 aromatic carbocycles. The predicted octanol–water partition coefficient (Wildman–Crippen LogP) is 3.88. The van der Waals surface area contributed by atoms with Gasteiger partial charge in [-0.05, 0) is 48.4 Å². The molecule has 0 fully saturated rings. The third-order valence-corrected chi connectivity index (χ3v) is 6.53. The molecule has 0 bridgehead atoms. The summed E-state index contributed by atoms with van der Waals surface area (Å²) in [7, 11) is -2.46. The Balaban J connectivity index is 2.18. The lowest BCUT2D eigenvalue weighted by Crippen LogP contribution is -2.14. The largest absolute Gasteiger partial charge is 0.497 e. The van der Waals surface area contributed by atoms with Crippen molar-refractivity contribution in [1.82, 2.24) is 0 Å². The zero-order valence-corrected chi connectivity index (χ0v) is 16.6. The van der Waals surface area contributed by atoms with Crippen molar-refractivity contribution in [3.8, 4) is 5.75 Å². The minimum atomic E-state index is -3.96. The number of sulfone groups is 1. The van der Waals surface area contributed by atoms with Crippen LogP contribution in [0.1, 0.15) is 11.1 Å². The van der Waals surface area contributed by atoms with E-state index in [9.17, 15) is 13.2 Å². The zero-order chi connectivity index (χ0) is 18.2. The summed E-state index contributed by atoms with van der Waals surface area (Å²) in [6, 6.07) is 11.1. The average molecular weight is 470 g/mol. The molecular formula is C18H15IO5S. The first kappa shape index (κ1) is 17.9. The monoisotopic (exact) mass is 470 g/mol. The summed E-state index contributed by atoms with van der Waals surface area (Å²) < 4.78 is 36.8. The summed E-state index contributed by atoms with van der Waals surface area (Å²) >= 11 is 2.22. The van der Waals surface area contributed by atoms with E-state index < -0.39 is 15.5 Å². The third kappa shape index (κ3) is 3.30. The van der Waals surface area contributed by atoms with Crippen molar-refractivity contribution in [3.05, 3.63) is 64.0 Å². The van der Waals surface area contributed by atoms with Crippen LogP contribution in [0.25, 0.3) is 11.0 Å². The van der Waals surface area contributed by atoms with E-state index in [4.69, 9.17) is 9.15 Å². The van der Waals surface area contributed by atoms with Gasteiger partial charge in [0.05, 0.1) is 12.0 Å². The number of methoxy groups -OCH3 is 1. The molecule has 0 saturated heterocycles. The van der Waals surface area contributed by atoms with Crippen molar-refractivity contribution in [1.29, 1.82) is 0 Å². The summed E-state index contributed by atoms with van der Waals surface area (Å²) in [5, 5.41) is 0.513. The SMILES string of the molecule is COc1ccc2cc(S(=O)(=O)c3ccc(CI)c(C)c3)c(=O)oc2c1. The van der Waals surface area contributed by atoms with E-state index in [0.717, 1.165) is 15.6 Å². The molecule has 0 atom stereocenters. The molecule has 0 aliphatic rings. The Labute approximate surface area is 158 Å². The van der Waals surface area contributed by atoms with Crippen LogP contribution in [0.5, 0.6) is 5.75 Å². The fourth-order valence-corrected chi connectivity index (χ4v) is 4.73. The molecule has 0 aliphatic heterocycles. The molecule has 0 N–H and O–H groups in total. The van der Waals surface area contributed by atoms with Crippen LogP contribution in [0.4, 0.5) is 0 Å². The van der Waals surface area contributed by atoms with Gasteiger partial charge in [-0.2, -0.15) is 0 Å². The van der Waals surface area contributed by atoms with Gasteiger partial charge in [0.2, 0.25) is 9.84 Å². The summed E-state index contributed by atoms with van der Waals surface area (Å²) in [6.07, 6.45) is 0. The van der Waals surface area contributed by atoms with Gasteiger partial charge in [0.25, 0.3) is 0 Å². The van der Waals surface area contributed by atoms with Gasteiger partial charge in [-0.3, -0.25) is 0 Å².